The second kappa shape index (κ2) is 2.42. The number of nitrogens with zero attached hydrogens (tertiary/aromatic N) is 1. The maximum atomic E-state index is 4.50. The van der Waals surface area contributed by atoms with Crippen molar-refractivity contribution < 1.29 is 0 Å². The van der Waals surface area contributed by atoms with Gasteiger partial charge in [-0.1, -0.05) is 12.2 Å². The summed E-state index contributed by atoms with van der Waals surface area (Å²) < 4.78 is 0. The van der Waals surface area contributed by atoms with Crippen LogP contribution in [0.3, 0.4) is 0 Å². The summed E-state index contributed by atoms with van der Waals surface area (Å²) in [4.78, 5) is 4.50. The molecule has 0 amide bonds. The monoisotopic (exact) mass is 153 g/mol. The normalized spacial score (nSPS) is 37.5. The van der Waals surface area contributed by atoms with Gasteiger partial charge in [-0.05, 0) is 19.8 Å². The molecule has 0 spiro atoms. The van der Waals surface area contributed by atoms with Crippen LogP contribution in [0, 0.1) is 0 Å². The van der Waals surface area contributed by atoms with E-state index in [1.165, 1.54) is 17.9 Å². The lowest BCUT2D eigenvalue weighted by Crippen LogP contribution is -2.17. The molecule has 1 heterocycles. The van der Waals surface area contributed by atoms with Gasteiger partial charge in [0, 0.05) is 5.25 Å². The highest BCUT2D eigenvalue weighted by Gasteiger charge is 2.27. The van der Waals surface area contributed by atoms with E-state index in [1.807, 2.05) is 11.8 Å². The summed E-state index contributed by atoms with van der Waals surface area (Å²) in [5, 5.41) is 2.03. The Balaban J connectivity index is 2.17. The molecular weight excluding hydrogens is 142 g/mol. The largest absolute Gasteiger partial charge is 0.275 e. The van der Waals surface area contributed by atoms with E-state index in [0.717, 1.165) is 5.25 Å². The fourth-order valence-electron chi connectivity index (χ4n) is 1.51. The van der Waals surface area contributed by atoms with Gasteiger partial charge in [-0.25, -0.2) is 0 Å². The van der Waals surface area contributed by atoms with Gasteiger partial charge >= 0.3 is 0 Å². The Morgan fingerprint density at radius 3 is 3.40 bits per heavy atom. The average molecular weight is 153 g/mol. The Hall–Kier alpha value is -0.240. The van der Waals surface area contributed by atoms with Crippen molar-refractivity contribution in [3.8, 4) is 0 Å². The second-order valence-corrected chi connectivity index (χ2v) is 4.23. The van der Waals surface area contributed by atoms with Crippen molar-refractivity contribution in [2.75, 3.05) is 0 Å². The molecule has 0 N–H and O–H groups in total. The van der Waals surface area contributed by atoms with Crippen LogP contribution in [-0.4, -0.2) is 16.3 Å². The Kier molecular flexibility index (Phi) is 1.57. The first kappa shape index (κ1) is 6.47. The quantitative estimate of drug-likeness (QED) is 0.486. The molecule has 54 valence electrons. The molecule has 2 rings (SSSR count). The topological polar surface area (TPSA) is 12.4 Å². The van der Waals surface area contributed by atoms with E-state index in [9.17, 15) is 0 Å². The van der Waals surface area contributed by atoms with Crippen LogP contribution < -0.4 is 0 Å². The fraction of sp³-hybridized carbons (Fsp3) is 0.625. The number of aliphatic imine (C=N–C) groups is 1. The Bertz CT molecular complexity index is 195. The SMILES string of the molecule is CC1=NC2C=CCCC2S1. The van der Waals surface area contributed by atoms with Crippen molar-refractivity contribution in [1.29, 1.82) is 0 Å². The van der Waals surface area contributed by atoms with E-state index in [4.69, 9.17) is 0 Å². The number of hydrogen-bond acceptors (Lipinski definition) is 2. The van der Waals surface area contributed by atoms with Crippen LogP contribution in [0.15, 0.2) is 17.1 Å². The molecule has 2 unspecified atom stereocenters. The molecule has 1 aliphatic carbocycles. The van der Waals surface area contributed by atoms with Gasteiger partial charge in [-0.15, -0.1) is 11.8 Å². The molecule has 0 aromatic heterocycles. The number of thioether (sulfide) groups is 1. The molecule has 2 aliphatic rings. The smallest absolute Gasteiger partial charge is 0.0811 e. The first-order valence-corrected chi connectivity index (χ1v) is 4.62. The third kappa shape index (κ3) is 1.01. The molecule has 2 atom stereocenters. The van der Waals surface area contributed by atoms with Crippen molar-refractivity contribution >= 4 is 16.8 Å². The maximum absolute atomic E-state index is 4.50. The van der Waals surface area contributed by atoms with Gasteiger partial charge in [0.2, 0.25) is 0 Å². The highest BCUT2D eigenvalue weighted by atomic mass is 32.2. The fourth-order valence-corrected chi connectivity index (χ4v) is 2.67. The third-order valence-electron chi connectivity index (χ3n) is 1.98. The molecule has 0 saturated carbocycles. The van der Waals surface area contributed by atoms with E-state index in [-0.39, 0.29) is 0 Å². The van der Waals surface area contributed by atoms with Crippen LogP contribution in [0.1, 0.15) is 19.8 Å². The Morgan fingerprint density at radius 2 is 2.60 bits per heavy atom. The van der Waals surface area contributed by atoms with Crippen LogP contribution in [0.4, 0.5) is 0 Å². The van der Waals surface area contributed by atoms with E-state index < -0.39 is 0 Å². The predicted octanol–water partition coefficient (Wildman–Crippen LogP) is 2.24. The van der Waals surface area contributed by atoms with Gasteiger partial charge < -0.3 is 0 Å². The van der Waals surface area contributed by atoms with Crippen molar-refractivity contribution in [3.05, 3.63) is 12.2 Å². The van der Waals surface area contributed by atoms with Crippen LogP contribution in [0.5, 0.6) is 0 Å². The number of fused-ring (bicyclic) bond motifs is 1. The summed E-state index contributed by atoms with van der Waals surface area (Å²) in [6.45, 7) is 2.11. The number of rotatable bonds is 0. The van der Waals surface area contributed by atoms with Gasteiger partial charge in [-0.3, -0.25) is 4.99 Å². The Morgan fingerprint density at radius 1 is 1.70 bits per heavy atom. The molecule has 0 radical (unpaired) electrons. The van der Waals surface area contributed by atoms with Crippen LogP contribution >= 0.6 is 11.8 Å². The van der Waals surface area contributed by atoms with Gasteiger partial charge in [-0.2, -0.15) is 0 Å². The summed E-state index contributed by atoms with van der Waals surface area (Å²) in [6.07, 6.45) is 7.06. The van der Waals surface area contributed by atoms with E-state index >= 15 is 0 Å². The molecule has 0 aromatic rings. The molecule has 0 bridgehead atoms. The standard InChI is InChI=1S/C8H11NS/c1-6-9-7-4-2-3-5-8(7)10-6/h2,4,7-8H,3,5H2,1H3. The minimum Gasteiger partial charge on any atom is -0.275 e. The lowest BCUT2D eigenvalue weighted by atomic mass is 10.0. The van der Waals surface area contributed by atoms with E-state index in [2.05, 4.69) is 24.1 Å². The second-order valence-electron chi connectivity index (χ2n) is 2.80. The molecule has 10 heavy (non-hydrogen) atoms. The third-order valence-corrected chi connectivity index (χ3v) is 3.25. The summed E-state index contributed by atoms with van der Waals surface area (Å²) in [5.41, 5.74) is 0. The summed E-state index contributed by atoms with van der Waals surface area (Å²) in [7, 11) is 0. The molecule has 0 fully saturated rings. The first-order chi connectivity index (χ1) is 4.86. The lowest BCUT2D eigenvalue weighted by Gasteiger charge is -2.16. The van der Waals surface area contributed by atoms with Gasteiger partial charge in [0.05, 0.1) is 11.1 Å². The van der Waals surface area contributed by atoms with Gasteiger partial charge in [0.1, 0.15) is 0 Å². The van der Waals surface area contributed by atoms with Crippen molar-refractivity contribution in [3.63, 3.8) is 0 Å². The van der Waals surface area contributed by atoms with Gasteiger partial charge in [0.25, 0.3) is 0 Å². The number of hydrogen-bond donors (Lipinski definition) is 0. The van der Waals surface area contributed by atoms with E-state index in [1.54, 1.807) is 0 Å². The predicted molar refractivity (Wildman–Crippen MR) is 46.7 cm³/mol. The summed E-state index contributed by atoms with van der Waals surface area (Å²) in [6, 6.07) is 0.513. The zero-order chi connectivity index (χ0) is 6.97. The highest BCUT2D eigenvalue weighted by molar-refractivity contribution is 8.14. The minimum absolute atomic E-state index is 0.513. The Labute approximate surface area is 65.6 Å². The van der Waals surface area contributed by atoms with Crippen LogP contribution in [-0.2, 0) is 0 Å². The molecule has 0 saturated heterocycles. The summed E-state index contributed by atoms with van der Waals surface area (Å²) in [5.74, 6) is 0. The van der Waals surface area contributed by atoms with Crippen LogP contribution in [0.25, 0.3) is 0 Å². The zero-order valence-electron chi connectivity index (χ0n) is 6.08. The van der Waals surface area contributed by atoms with Crippen molar-refractivity contribution in [2.45, 2.75) is 31.1 Å². The molecule has 1 nitrogen and oxygen atoms in total. The van der Waals surface area contributed by atoms with Crippen molar-refractivity contribution in [2.24, 2.45) is 4.99 Å². The van der Waals surface area contributed by atoms with Gasteiger partial charge in [0.15, 0.2) is 0 Å². The maximum Gasteiger partial charge on any atom is 0.0811 e. The zero-order valence-corrected chi connectivity index (χ0v) is 6.90. The summed E-state index contributed by atoms with van der Waals surface area (Å²) >= 11 is 1.95. The average Bonchev–Trinajstić information content (AvgIpc) is 2.27. The molecule has 0 aromatic carbocycles. The molecule has 1 aliphatic heterocycles. The van der Waals surface area contributed by atoms with Crippen LogP contribution in [0.2, 0.25) is 0 Å². The highest BCUT2D eigenvalue weighted by Crippen LogP contribution is 2.33. The van der Waals surface area contributed by atoms with Crippen molar-refractivity contribution in [1.82, 2.24) is 0 Å². The number of allylic oxidation sites excluding steroid dienone is 1. The lowest BCUT2D eigenvalue weighted by molar-refractivity contribution is 0.676. The first-order valence-electron chi connectivity index (χ1n) is 3.74. The molecular formula is C8H11NS. The minimum atomic E-state index is 0.513. The van der Waals surface area contributed by atoms with E-state index in [0.29, 0.717) is 6.04 Å². The molecule has 2 heteroatoms.